The lowest BCUT2D eigenvalue weighted by Crippen LogP contribution is -2.24. The van der Waals surface area contributed by atoms with Crippen LogP contribution < -0.4 is 10.5 Å². The third-order valence-electron chi connectivity index (χ3n) is 3.03. The molecule has 0 amide bonds. The molecule has 0 radical (unpaired) electrons. The third-order valence-corrected chi connectivity index (χ3v) is 5.24. The Hall–Kier alpha value is -1.21. The second kappa shape index (κ2) is 6.49. The highest BCUT2D eigenvalue weighted by molar-refractivity contribution is 7.88. The maximum absolute atomic E-state index is 12.1. The monoisotopic (exact) mass is 310 g/mol. The van der Waals surface area contributed by atoms with E-state index in [0.717, 1.165) is 22.3 Å². The normalized spacial score (nSPS) is 11.7. The van der Waals surface area contributed by atoms with Crippen LogP contribution in [-0.4, -0.2) is 8.42 Å². The highest BCUT2D eigenvalue weighted by atomic mass is 32.2. The molecule has 2 aromatic rings. The zero-order chi connectivity index (χ0) is 14.6. The fourth-order valence-electron chi connectivity index (χ4n) is 1.87. The zero-order valence-corrected chi connectivity index (χ0v) is 12.9. The van der Waals surface area contributed by atoms with Crippen molar-refractivity contribution in [2.24, 2.45) is 5.73 Å². The van der Waals surface area contributed by atoms with E-state index in [1.807, 2.05) is 35.9 Å². The molecule has 0 aliphatic carbocycles. The van der Waals surface area contributed by atoms with Crippen LogP contribution in [0.15, 0.2) is 35.0 Å². The van der Waals surface area contributed by atoms with E-state index >= 15 is 0 Å². The number of hydrogen-bond donors (Lipinski definition) is 2. The molecule has 108 valence electrons. The van der Waals surface area contributed by atoms with Crippen molar-refractivity contribution in [1.29, 1.82) is 0 Å². The number of nitrogens with two attached hydrogens (primary N) is 1. The van der Waals surface area contributed by atoms with E-state index in [-0.39, 0.29) is 5.75 Å². The van der Waals surface area contributed by atoms with Gasteiger partial charge in [0.05, 0.1) is 5.75 Å². The maximum atomic E-state index is 12.1. The van der Waals surface area contributed by atoms with Crippen LogP contribution in [0.3, 0.4) is 0 Å². The molecule has 4 nitrogen and oxygen atoms in total. The minimum Gasteiger partial charge on any atom is -0.326 e. The van der Waals surface area contributed by atoms with E-state index in [2.05, 4.69) is 4.72 Å². The standard InChI is InChI=1S/C14H18N2O2S2/c1-11-8-19-9-14(11)7-16-20(17,18)10-13-4-2-3-12(5-13)6-15/h2-5,8-9,16H,6-7,10,15H2,1H3. The van der Waals surface area contributed by atoms with Gasteiger partial charge in [0.25, 0.3) is 0 Å². The van der Waals surface area contributed by atoms with Gasteiger partial charge in [0, 0.05) is 13.1 Å². The summed E-state index contributed by atoms with van der Waals surface area (Å²) in [6, 6.07) is 7.34. The topological polar surface area (TPSA) is 72.2 Å². The Balaban J connectivity index is 2.02. The summed E-state index contributed by atoms with van der Waals surface area (Å²) in [6.07, 6.45) is 0. The Bertz CT molecular complexity index is 678. The summed E-state index contributed by atoms with van der Waals surface area (Å²) in [4.78, 5) is 0. The number of rotatable bonds is 6. The van der Waals surface area contributed by atoms with Crippen molar-refractivity contribution in [3.63, 3.8) is 0 Å². The quantitative estimate of drug-likeness (QED) is 0.858. The number of aryl methyl sites for hydroxylation is 1. The Morgan fingerprint density at radius 3 is 2.65 bits per heavy atom. The van der Waals surface area contributed by atoms with Gasteiger partial charge in [-0.1, -0.05) is 24.3 Å². The smallest absolute Gasteiger partial charge is 0.216 e. The predicted molar refractivity (Wildman–Crippen MR) is 82.9 cm³/mol. The van der Waals surface area contributed by atoms with Crippen molar-refractivity contribution in [3.05, 3.63) is 57.3 Å². The average Bonchev–Trinajstić information content (AvgIpc) is 2.82. The van der Waals surface area contributed by atoms with Gasteiger partial charge in [0.15, 0.2) is 0 Å². The Kier molecular flexibility index (Phi) is 4.93. The number of hydrogen-bond acceptors (Lipinski definition) is 4. The molecular weight excluding hydrogens is 292 g/mol. The van der Waals surface area contributed by atoms with Crippen molar-refractivity contribution < 1.29 is 8.42 Å². The first-order valence-corrected chi connectivity index (χ1v) is 8.86. The molecule has 1 aromatic carbocycles. The first-order chi connectivity index (χ1) is 9.50. The SMILES string of the molecule is Cc1cscc1CNS(=O)(=O)Cc1cccc(CN)c1. The van der Waals surface area contributed by atoms with Crippen molar-refractivity contribution >= 4 is 21.4 Å². The molecule has 0 unspecified atom stereocenters. The van der Waals surface area contributed by atoms with Gasteiger partial charge in [-0.2, -0.15) is 11.3 Å². The first-order valence-electron chi connectivity index (χ1n) is 6.27. The van der Waals surface area contributed by atoms with Gasteiger partial charge in [-0.25, -0.2) is 13.1 Å². The lowest BCUT2D eigenvalue weighted by molar-refractivity contribution is 0.580. The molecule has 0 saturated heterocycles. The minimum atomic E-state index is -3.34. The van der Waals surface area contributed by atoms with E-state index in [9.17, 15) is 8.42 Å². The highest BCUT2D eigenvalue weighted by Gasteiger charge is 2.12. The molecule has 0 saturated carbocycles. The molecule has 6 heteroatoms. The first kappa shape index (κ1) is 15.2. The second-order valence-electron chi connectivity index (χ2n) is 4.68. The van der Waals surface area contributed by atoms with Crippen LogP contribution >= 0.6 is 11.3 Å². The maximum Gasteiger partial charge on any atom is 0.216 e. The van der Waals surface area contributed by atoms with Crippen LogP contribution in [0.4, 0.5) is 0 Å². The fourth-order valence-corrected chi connectivity index (χ4v) is 3.83. The summed E-state index contributed by atoms with van der Waals surface area (Å²) >= 11 is 1.58. The summed E-state index contributed by atoms with van der Waals surface area (Å²) in [5.74, 6) is -0.0238. The number of nitrogens with one attached hydrogen (secondary N) is 1. The van der Waals surface area contributed by atoms with Gasteiger partial charge >= 0.3 is 0 Å². The molecule has 0 atom stereocenters. The zero-order valence-electron chi connectivity index (χ0n) is 11.3. The predicted octanol–water partition coefficient (Wildman–Crippen LogP) is 2.13. The van der Waals surface area contributed by atoms with Crippen LogP contribution in [0, 0.1) is 6.92 Å². The molecule has 0 aliphatic rings. The van der Waals surface area contributed by atoms with Gasteiger partial charge in [-0.15, -0.1) is 0 Å². The largest absolute Gasteiger partial charge is 0.326 e. The lowest BCUT2D eigenvalue weighted by Gasteiger charge is -2.08. The van der Waals surface area contributed by atoms with Crippen LogP contribution in [0.5, 0.6) is 0 Å². The minimum absolute atomic E-state index is 0.0238. The van der Waals surface area contributed by atoms with E-state index in [0.29, 0.717) is 13.1 Å². The van der Waals surface area contributed by atoms with Crippen LogP contribution in [0.1, 0.15) is 22.3 Å². The molecule has 0 aliphatic heterocycles. The van der Waals surface area contributed by atoms with Gasteiger partial charge in [-0.3, -0.25) is 0 Å². The van der Waals surface area contributed by atoms with E-state index < -0.39 is 10.0 Å². The molecule has 1 aromatic heterocycles. The summed E-state index contributed by atoms with van der Waals surface area (Å²) < 4.78 is 26.8. The number of sulfonamides is 1. The second-order valence-corrected chi connectivity index (χ2v) is 7.23. The van der Waals surface area contributed by atoms with E-state index in [1.54, 1.807) is 17.4 Å². The van der Waals surface area contributed by atoms with Crippen molar-refractivity contribution in [2.75, 3.05) is 0 Å². The molecule has 3 N–H and O–H groups in total. The average molecular weight is 310 g/mol. The van der Waals surface area contributed by atoms with Crippen molar-refractivity contribution in [3.8, 4) is 0 Å². The molecule has 0 spiro atoms. The fraction of sp³-hybridized carbons (Fsp3) is 0.286. The Morgan fingerprint density at radius 1 is 1.25 bits per heavy atom. The van der Waals surface area contributed by atoms with Crippen LogP contribution in [0.2, 0.25) is 0 Å². The van der Waals surface area contributed by atoms with Crippen LogP contribution in [0.25, 0.3) is 0 Å². The molecule has 1 heterocycles. The number of thiophene rings is 1. The molecule has 0 fully saturated rings. The van der Waals surface area contributed by atoms with Crippen molar-refractivity contribution in [2.45, 2.75) is 25.8 Å². The van der Waals surface area contributed by atoms with E-state index in [4.69, 9.17) is 5.73 Å². The summed E-state index contributed by atoms with van der Waals surface area (Å²) in [5.41, 5.74) is 9.38. The molecule has 0 bridgehead atoms. The van der Waals surface area contributed by atoms with Gasteiger partial charge in [0.1, 0.15) is 0 Å². The Morgan fingerprint density at radius 2 is 2.00 bits per heavy atom. The highest BCUT2D eigenvalue weighted by Crippen LogP contribution is 2.14. The third kappa shape index (κ3) is 4.14. The Labute approximate surface area is 123 Å². The van der Waals surface area contributed by atoms with Gasteiger partial charge in [-0.05, 0) is 39.9 Å². The lowest BCUT2D eigenvalue weighted by atomic mass is 10.1. The molecule has 2 rings (SSSR count). The number of benzene rings is 1. The van der Waals surface area contributed by atoms with E-state index in [1.165, 1.54) is 0 Å². The summed E-state index contributed by atoms with van der Waals surface area (Å²) in [7, 11) is -3.34. The van der Waals surface area contributed by atoms with Gasteiger partial charge in [0.2, 0.25) is 10.0 Å². The van der Waals surface area contributed by atoms with Crippen molar-refractivity contribution in [1.82, 2.24) is 4.72 Å². The summed E-state index contributed by atoms with van der Waals surface area (Å²) in [6.45, 7) is 2.73. The molecule has 20 heavy (non-hydrogen) atoms. The molecular formula is C14H18N2O2S2. The van der Waals surface area contributed by atoms with Gasteiger partial charge < -0.3 is 5.73 Å². The summed E-state index contributed by atoms with van der Waals surface area (Å²) in [5, 5.41) is 3.97. The van der Waals surface area contributed by atoms with Crippen LogP contribution in [-0.2, 0) is 28.9 Å².